The molecule has 2 fully saturated rings. The lowest BCUT2D eigenvalue weighted by Crippen LogP contribution is -2.58. The molecule has 27 heavy (non-hydrogen) atoms. The molecule has 2 aromatic heterocycles. The molecule has 0 radical (unpaired) electrons. The van der Waals surface area contributed by atoms with Gasteiger partial charge in [-0.2, -0.15) is 5.10 Å². The minimum atomic E-state index is -0.0143. The van der Waals surface area contributed by atoms with Crippen LogP contribution in [0.4, 0.5) is 0 Å². The van der Waals surface area contributed by atoms with Gasteiger partial charge >= 0.3 is 0 Å². The maximum absolute atomic E-state index is 13.4. The first-order valence-electron chi connectivity index (χ1n) is 9.69. The lowest BCUT2D eigenvalue weighted by molar-refractivity contribution is -0.0382. The second kappa shape index (κ2) is 5.68. The molecule has 140 valence electrons. The van der Waals surface area contributed by atoms with Crippen molar-refractivity contribution in [1.82, 2.24) is 24.2 Å². The number of likely N-dealkylation sites (tertiary alicyclic amines) is 1. The number of aryl methyl sites for hydroxylation is 1. The molecule has 1 aliphatic heterocycles. The van der Waals surface area contributed by atoms with Crippen LogP contribution in [-0.4, -0.2) is 36.7 Å². The van der Waals surface area contributed by atoms with Crippen molar-refractivity contribution in [1.29, 1.82) is 0 Å². The van der Waals surface area contributed by atoms with Gasteiger partial charge in [-0.15, -0.1) is 0 Å². The van der Waals surface area contributed by atoms with Crippen molar-refractivity contribution in [3.63, 3.8) is 0 Å². The summed E-state index contributed by atoms with van der Waals surface area (Å²) in [4.78, 5) is 20.0. The van der Waals surface area contributed by atoms with E-state index < -0.39 is 0 Å². The number of carbonyl (C=O) groups is 1. The second-order valence-corrected chi connectivity index (χ2v) is 8.69. The third-order valence-electron chi connectivity index (χ3n) is 6.00. The smallest absolute Gasteiger partial charge is 0.275 e. The maximum atomic E-state index is 13.4. The Kier molecular flexibility index (Phi) is 3.48. The summed E-state index contributed by atoms with van der Waals surface area (Å²) in [6.45, 7) is 6.16. The first-order valence-corrected chi connectivity index (χ1v) is 9.69. The molecule has 1 amide bonds. The standard InChI is InChI=1S/C21H25N5O/c1-21(2)13-26(18(21)19-22-10-11-25(19)12-14-8-9-14)20(27)17-15-6-4-5-7-16(15)24(3)23-17/h4-7,10-11,14,18H,8-9,12-13H2,1-3H3. The zero-order chi connectivity index (χ0) is 18.8. The lowest BCUT2D eigenvalue weighted by Gasteiger charge is -2.53. The lowest BCUT2D eigenvalue weighted by atomic mass is 9.74. The summed E-state index contributed by atoms with van der Waals surface area (Å²) in [7, 11) is 1.89. The second-order valence-electron chi connectivity index (χ2n) is 8.69. The summed E-state index contributed by atoms with van der Waals surface area (Å²) in [5.41, 5.74) is 1.52. The molecule has 1 aliphatic carbocycles. The Hall–Kier alpha value is -2.63. The zero-order valence-electron chi connectivity index (χ0n) is 16.1. The van der Waals surface area contributed by atoms with Gasteiger partial charge in [0.05, 0.1) is 11.6 Å². The SMILES string of the molecule is Cn1nc(C(=O)N2CC(C)(C)C2c2nccn2CC2CC2)c2ccccc21. The number of hydrogen-bond acceptors (Lipinski definition) is 3. The van der Waals surface area contributed by atoms with Crippen LogP contribution in [0.5, 0.6) is 0 Å². The Balaban J connectivity index is 1.51. The molecule has 5 rings (SSSR count). The number of nitrogens with zero attached hydrogens (tertiary/aromatic N) is 5. The van der Waals surface area contributed by atoms with Crippen LogP contribution < -0.4 is 0 Å². The molecule has 6 heteroatoms. The quantitative estimate of drug-likeness (QED) is 0.714. The molecule has 1 saturated heterocycles. The topological polar surface area (TPSA) is 56.0 Å². The van der Waals surface area contributed by atoms with E-state index in [1.165, 1.54) is 12.8 Å². The number of para-hydroxylation sites is 1. The number of benzene rings is 1. The Morgan fingerprint density at radius 1 is 1.26 bits per heavy atom. The van der Waals surface area contributed by atoms with Crippen LogP contribution in [0.15, 0.2) is 36.7 Å². The number of fused-ring (bicyclic) bond motifs is 1. The van der Waals surface area contributed by atoms with E-state index in [0.717, 1.165) is 35.7 Å². The Morgan fingerprint density at radius 2 is 2.04 bits per heavy atom. The van der Waals surface area contributed by atoms with Crippen LogP contribution >= 0.6 is 0 Å². The van der Waals surface area contributed by atoms with Gasteiger partial charge in [0.15, 0.2) is 5.69 Å². The van der Waals surface area contributed by atoms with E-state index in [2.05, 4.69) is 34.7 Å². The highest BCUT2D eigenvalue weighted by Gasteiger charge is 2.51. The first-order chi connectivity index (χ1) is 13.0. The van der Waals surface area contributed by atoms with E-state index >= 15 is 0 Å². The van der Waals surface area contributed by atoms with E-state index in [1.807, 2.05) is 42.4 Å². The Labute approximate surface area is 158 Å². The van der Waals surface area contributed by atoms with Gasteiger partial charge in [0.2, 0.25) is 0 Å². The summed E-state index contributed by atoms with van der Waals surface area (Å²) in [5, 5.41) is 5.45. The zero-order valence-corrected chi connectivity index (χ0v) is 16.1. The fourth-order valence-electron chi connectivity index (χ4n) is 4.41. The Morgan fingerprint density at radius 3 is 2.78 bits per heavy atom. The van der Waals surface area contributed by atoms with Crippen molar-refractivity contribution in [2.75, 3.05) is 6.54 Å². The van der Waals surface area contributed by atoms with Crippen molar-refractivity contribution in [2.24, 2.45) is 18.4 Å². The number of amides is 1. The molecule has 2 aliphatic rings. The molecule has 6 nitrogen and oxygen atoms in total. The number of carbonyl (C=O) groups excluding carboxylic acids is 1. The monoisotopic (exact) mass is 363 g/mol. The van der Waals surface area contributed by atoms with Gasteiger partial charge in [-0.05, 0) is 24.8 Å². The molecule has 1 atom stereocenters. The molecule has 3 heterocycles. The summed E-state index contributed by atoms with van der Waals surface area (Å²) in [6.07, 6.45) is 6.52. The molecular weight excluding hydrogens is 338 g/mol. The van der Waals surface area contributed by atoms with Gasteiger partial charge in [0, 0.05) is 43.3 Å². The van der Waals surface area contributed by atoms with Crippen molar-refractivity contribution >= 4 is 16.8 Å². The molecule has 1 unspecified atom stereocenters. The number of hydrogen-bond donors (Lipinski definition) is 0. The summed E-state index contributed by atoms with van der Waals surface area (Å²) in [5.74, 6) is 1.77. The van der Waals surface area contributed by atoms with E-state index in [4.69, 9.17) is 0 Å². The summed E-state index contributed by atoms with van der Waals surface area (Å²) in [6, 6.07) is 7.89. The van der Waals surface area contributed by atoms with E-state index in [-0.39, 0.29) is 17.4 Å². The highest BCUT2D eigenvalue weighted by Crippen LogP contribution is 2.49. The van der Waals surface area contributed by atoms with Gasteiger partial charge in [-0.1, -0.05) is 32.0 Å². The fraction of sp³-hybridized carbons (Fsp3) is 0.476. The molecule has 0 spiro atoms. The van der Waals surface area contributed by atoms with Gasteiger partial charge in [-0.3, -0.25) is 9.48 Å². The van der Waals surface area contributed by atoms with Gasteiger partial charge in [-0.25, -0.2) is 4.98 Å². The minimum Gasteiger partial charge on any atom is -0.333 e. The largest absolute Gasteiger partial charge is 0.333 e. The molecule has 0 bridgehead atoms. The normalized spacial score (nSPS) is 21.4. The van der Waals surface area contributed by atoms with Gasteiger partial charge in [0.1, 0.15) is 5.82 Å². The maximum Gasteiger partial charge on any atom is 0.275 e. The van der Waals surface area contributed by atoms with E-state index in [0.29, 0.717) is 5.69 Å². The minimum absolute atomic E-state index is 0.00269. The fourth-order valence-corrected chi connectivity index (χ4v) is 4.41. The van der Waals surface area contributed by atoms with Crippen LogP contribution in [0, 0.1) is 11.3 Å². The summed E-state index contributed by atoms with van der Waals surface area (Å²) < 4.78 is 4.04. The van der Waals surface area contributed by atoms with Crippen LogP contribution in [0.3, 0.4) is 0 Å². The third-order valence-corrected chi connectivity index (χ3v) is 6.00. The molecule has 3 aromatic rings. The van der Waals surface area contributed by atoms with E-state index in [1.54, 1.807) is 4.68 Å². The first kappa shape index (κ1) is 16.5. The van der Waals surface area contributed by atoms with Crippen molar-refractivity contribution in [3.05, 3.63) is 48.2 Å². The van der Waals surface area contributed by atoms with E-state index in [9.17, 15) is 4.79 Å². The number of aromatic nitrogens is 4. The van der Waals surface area contributed by atoms with Crippen molar-refractivity contribution in [2.45, 2.75) is 39.3 Å². The van der Waals surface area contributed by atoms with Gasteiger partial charge < -0.3 is 9.47 Å². The van der Waals surface area contributed by atoms with Crippen LogP contribution in [0.1, 0.15) is 49.0 Å². The molecular formula is C21H25N5O. The van der Waals surface area contributed by atoms with Crippen LogP contribution in [-0.2, 0) is 13.6 Å². The third kappa shape index (κ3) is 2.58. The molecule has 1 saturated carbocycles. The van der Waals surface area contributed by atoms with Crippen LogP contribution in [0.2, 0.25) is 0 Å². The molecule has 1 aromatic carbocycles. The van der Waals surface area contributed by atoms with Crippen molar-refractivity contribution < 1.29 is 4.79 Å². The average Bonchev–Trinajstić information content (AvgIpc) is 3.25. The number of imidazole rings is 1. The number of rotatable bonds is 4. The van der Waals surface area contributed by atoms with Crippen molar-refractivity contribution in [3.8, 4) is 0 Å². The predicted octanol–water partition coefficient (Wildman–Crippen LogP) is 3.40. The Bertz CT molecular complexity index is 1030. The highest BCUT2D eigenvalue weighted by atomic mass is 16.2. The molecule has 0 N–H and O–H groups in total. The van der Waals surface area contributed by atoms with Crippen LogP contribution in [0.25, 0.3) is 10.9 Å². The predicted molar refractivity (Wildman–Crippen MR) is 103 cm³/mol. The average molecular weight is 363 g/mol. The summed E-state index contributed by atoms with van der Waals surface area (Å²) >= 11 is 0. The van der Waals surface area contributed by atoms with Gasteiger partial charge in [0.25, 0.3) is 5.91 Å². The highest BCUT2D eigenvalue weighted by molar-refractivity contribution is 6.05.